The summed E-state index contributed by atoms with van der Waals surface area (Å²) in [7, 11) is 3.57. The second-order valence-electron chi connectivity index (χ2n) is 15.4. The lowest BCUT2D eigenvalue weighted by molar-refractivity contribution is -0.121. The number of hydrogen-bond acceptors (Lipinski definition) is 14. The van der Waals surface area contributed by atoms with E-state index in [1.807, 2.05) is 48.9 Å². The van der Waals surface area contributed by atoms with Gasteiger partial charge >= 0.3 is 0 Å². The third kappa shape index (κ3) is 9.10. The van der Waals surface area contributed by atoms with Gasteiger partial charge in [0.25, 0.3) is 0 Å². The van der Waals surface area contributed by atoms with Gasteiger partial charge in [0, 0.05) is 113 Å². The molecule has 0 saturated carbocycles. The number of likely N-dealkylation sites (N-methyl/N-ethyl adjacent to an activating group) is 2. The third-order valence-corrected chi connectivity index (χ3v) is 11.9. The smallest absolute Gasteiger partial charge is 0.249 e. The number of anilines is 4. The van der Waals surface area contributed by atoms with Crippen molar-refractivity contribution < 1.29 is 19.1 Å². The van der Waals surface area contributed by atoms with Crippen LogP contribution >= 0.6 is 11.6 Å². The van der Waals surface area contributed by atoms with E-state index in [0.29, 0.717) is 25.6 Å². The number of ether oxygens (including phenoxy) is 2. The standard InChI is InChI=1S/C22H25N7O2.C14H19ClN4O2.C8H7N3/c1-3-17-21(30)27(2)18-14-25-22(26-20(18)29(17)16-6-12-31-13-7-16)28-11-10-24-19(28)15-4-8-23-9-5-15;1-3-10-13(20)18(2)11-8-16-14(15)17-12(11)19(10)9-4-6-21-7-5-9;1-3-9-4-2-7(1)8-10-5-6-11-8/h4-5,8-11,14,16-17H,3,6-7,12-13H2,1-2H3;8-10H,3-7H2,1-2H3;1-6H,(H,10,11)/t17-;10-;/m11./s1. The highest BCUT2D eigenvalue weighted by Crippen LogP contribution is 2.39. The molecule has 2 atom stereocenters. The quantitative estimate of drug-likeness (QED) is 0.189. The van der Waals surface area contributed by atoms with Crippen molar-refractivity contribution in [1.82, 2.24) is 49.4 Å². The van der Waals surface area contributed by atoms with Crippen LogP contribution in [-0.4, -0.2) is 126 Å². The molecule has 0 spiro atoms. The maximum atomic E-state index is 13.1. The number of carbonyl (C=O) groups is 2. The first kappa shape index (κ1) is 43.3. The topological polar surface area (TPSA) is 189 Å². The normalized spacial score (nSPS) is 19.1. The molecule has 0 aromatic carbocycles. The van der Waals surface area contributed by atoms with Crippen LogP contribution in [0.15, 0.2) is 86.2 Å². The van der Waals surface area contributed by atoms with E-state index in [0.717, 1.165) is 91.1 Å². The number of halogens is 1. The number of carbonyl (C=O) groups excluding carboxylic acids is 2. The Balaban J connectivity index is 0.000000146. The lowest BCUT2D eigenvalue weighted by Crippen LogP contribution is -2.57. The van der Waals surface area contributed by atoms with Gasteiger partial charge in [-0.3, -0.25) is 24.1 Å². The number of nitrogens with zero attached hydrogens (tertiary/aromatic N) is 13. The minimum absolute atomic E-state index is 0.0814. The monoisotopic (exact) mass is 874 g/mol. The minimum atomic E-state index is -0.245. The van der Waals surface area contributed by atoms with Crippen LogP contribution in [0.5, 0.6) is 0 Å². The Bertz CT molecular complexity index is 2450. The molecule has 6 aromatic rings. The van der Waals surface area contributed by atoms with Crippen LogP contribution < -0.4 is 19.6 Å². The van der Waals surface area contributed by atoms with E-state index in [2.05, 4.69) is 49.7 Å². The number of H-pyrrole nitrogens is 1. The van der Waals surface area contributed by atoms with Gasteiger partial charge in [0.2, 0.25) is 23.0 Å². The van der Waals surface area contributed by atoms with Crippen molar-refractivity contribution in [3.05, 3.63) is 91.5 Å². The molecule has 0 aliphatic carbocycles. The maximum absolute atomic E-state index is 13.1. The van der Waals surface area contributed by atoms with Crippen molar-refractivity contribution in [2.75, 3.05) is 60.1 Å². The summed E-state index contributed by atoms with van der Waals surface area (Å²) in [5.41, 5.74) is 3.45. The Kier molecular flexibility index (Phi) is 13.6. The van der Waals surface area contributed by atoms with E-state index in [1.54, 1.807) is 79.7 Å². The van der Waals surface area contributed by atoms with Crippen LogP contribution in [0.4, 0.5) is 23.0 Å². The van der Waals surface area contributed by atoms with Gasteiger partial charge in [0.05, 0.1) is 12.4 Å². The zero-order chi connectivity index (χ0) is 43.9. The van der Waals surface area contributed by atoms with Crippen LogP contribution in [0.25, 0.3) is 28.7 Å². The largest absolute Gasteiger partial charge is 0.381 e. The number of fused-ring (bicyclic) bond motifs is 2. The van der Waals surface area contributed by atoms with Crippen LogP contribution in [0.1, 0.15) is 52.4 Å². The molecule has 6 aromatic heterocycles. The highest BCUT2D eigenvalue weighted by atomic mass is 35.5. The van der Waals surface area contributed by atoms with Gasteiger partial charge in [0.1, 0.15) is 35.1 Å². The van der Waals surface area contributed by atoms with Gasteiger partial charge in [-0.2, -0.15) is 9.97 Å². The molecule has 0 bridgehead atoms. The summed E-state index contributed by atoms with van der Waals surface area (Å²) in [6, 6.07) is 7.67. The van der Waals surface area contributed by atoms with Crippen molar-refractivity contribution >= 4 is 46.4 Å². The second kappa shape index (κ2) is 19.8. The lowest BCUT2D eigenvalue weighted by Gasteiger charge is -2.45. The SMILES string of the molecule is CC[C@@H]1C(=O)N(C)c2cnc(-n3ccnc3-c3ccncc3)nc2N1C1CCOCC1.CC[C@@H]1C(=O)N(C)c2cnc(Cl)nc2N1C1CCOCC1.c1cc(-c2ncc[nH]2)ccn1. The average molecular weight is 875 g/mol. The molecule has 10 heterocycles. The average Bonchev–Trinajstić information content (AvgIpc) is 4.07. The van der Waals surface area contributed by atoms with Crippen molar-refractivity contribution in [3.63, 3.8) is 0 Å². The summed E-state index contributed by atoms with van der Waals surface area (Å²) < 4.78 is 12.9. The molecule has 63 heavy (non-hydrogen) atoms. The number of aromatic nitrogens is 10. The molecule has 328 valence electrons. The first-order valence-corrected chi connectivity index (χ1v) is 21.7. The Hall–Kier alpha value is -6.37. The number of amides is 2. The summed E-state index contributed by atoms with van der Waals surface area (Å²) in [6.45, 7) is 6.90. The number of hydrogen-bond donors (Lipinski definition) is 1. The molecule has 10 rings (SSSR count). The highest BCUT2D eigenvalue weighted by Gasteiger charge is 2.42. The third-order valence-electron chi connectivity index (χ3n) is 11.8. The highest BCUT2D eigenvalue weighted by molar-refractivity contribution is 6.28. The predicted octanol–water partition coefficient (Wildman–Crippen LogP) is 5.81. The summed E-state index contributed by atoms with van der Waals surface area (Å²) in [6.07, 6.45) is 22.5. The van der Waals surface area contributed by atoms with Crippen molar-refractivity contribution in [2.45, 2.75) is 76.5 Å². The first-order valence-electron chi connectivity index (χ1n) is 21.3. The molecular weight excluding hydrogens is 824 g/mol. The van der Waals surface area contributed by atoms with Crippen molar-refractivity contribution in [1.29, 1.82) is 0 Å². The minimum Gasteiger partial charge on any atom is -0.381 e. The number of imidazole rings is 2. The Morgan fingerprint density at radius 2 is 1.19 bits per heavy atom. The molecule has 1 N–H and O–H groups in total. The van der Waals surface area contributed by atoms with E-state index >= 15 is 0 Å². The Morgan fingerprint density at radius 3 is 1.71 bits per heavy atom. The fourth-order valence-corrected chi connectivity index (χ4v) is 8.66. The number of rotatable bonds is 7. The second-order valence-corrected chi connectivity index (χ2v) is 15.7. The zero-order valence-electron chi connectivity index (χ0n) is 35.8. The van der Waals surface area contributed by atoms with Crippen molar-refractivity contribution in [3.8, 4) is 28.7 Å². The number of pyridine rings is 2. The van der Waals surface area contributed by atoms with E-state index in [9.17, 15) is 9.59 Å². The van der Waals surface area contributed by atoms with Gasteiger partial charge in [-0.25, -0.2) is 19.9 Å². The maximum Gasteiger partial charge on any atom is 0.249 e. The van der Waals surface area contributed by atoms with Crippen LogP contribution in [-0.2, 0) is 19.1 Å². The van der Waals surface area contributed by atoms with Crippen LogP contribution in [0.2, 0.25) is 5.28 Å². The molecule has 2 fully saturated rings. The summed E-state index contributed by atoms with van der Waals surface area (Å²) in [5, 5.41) is 0.211. The van der Waals surface area contributed by atoms with E-state index in [-0.39, 0.29) is 41.3 Å². The van der Waals surface area contributed by atoms with Gasteiger partial charge < -0.3 is 34.1 Å². The van der Waals surface area contributed by atoms with Crippen LogP contribution in [0.3, 0.4) is 0 Å². The molecule has 4 aliphatic rings. The Labute approximate surface area is 370 Å². The molecule has 0 unspecified atom stereocenters. The number of aromatic amines is 1. The molecular formula is C44H51ClN14O4. The van der Waals surface area contributed by atoms with Crippen LogP contribution in [0, 0.1) is 0 Å². The number of nitrogens with one attached hydrogen (secondary N) is 1. The van der Waals surface area contributed by atoms with E-state index in [1.165, 1.54) is 0 Å². The lowest BCUT2D eigenvalue weighted by atomic mass is 9.99. The van der Waals surface area contributed by atoms with Gasteiger partial charge in [-0.05, 0) is 74.4 Å². The molecule has 0 radical (unpaired) electrons. The molecule has 2 saturated heterocycles. The zero-order valence-corrected chi connectivity index (χ0v) is 36.5. The summed E-state index contributed by atoms with van der Waals surface area (Å²) >= 11 is 5.98. The first-order chi connectivity index (χ1) is 30.8. The Morgan fingerprint density at radius 1 is 0.667 bits per heavy atom. The summed E-state index contributed by atoms with van der Waals surface area (Å²) in [5.74, 6) is 3.87. The molecule has 19 heteroatoms. The van der Waals surface area contributed by atoms with E-state index in [4.69, 9.17) is 26.1 Å². The fourth-order valence-electron chi connectivity index (χ4n) is 8.53. The van der Waals surface area contributed by atoms with Gasteiger partial charge in [0.15, 0.2) is 11.6 Å². The fraction of sp³-hybridized carbons (Fsp3) is 0.409. The molecule has 4 aliphatic heterocycles. The van der Waals surface area contributed by atoms with E-state index < -0.39 is 0 Å². The van der Waals surface area contributed by atoms with Gasteiger partial charge in [-0.1, -0.05) is 13.8 Å². The summed E-state index contributed by atoms with van der Waals surface area (Å²) in [4.78, 5) is 71.0. The molecule has 2 amide bonds. The molecule has 18 nitrogen and oxygen atoms in total. The van der Waals surface area contributed by atoms with Gasteiger partial charge in [-0.15, -0.1) is 0 Å². The predicted molar refractivity (Wildman–Crippen MR) is 239 cm³/mol. The van der Waals surface area contributed by atoms with Crippen molar-refractivity contribution in [2.24, 2.45) is 0 Å².